The van der Waals surface area contributed by atoms with Crippen LogP contribution < -0.4 is 5.32 Å². The first-order valence-electron chi connectivity index (χ1n) is 9.81. The van der Waals surface area contributed by atoms with E-state index in [9.17, 15) is 19.1 Å². The molecule has 0 saturated heterocycles. The Hall–Kier alpha value is -2.15. The molecule has 0 spiro atoms. The van der Waals surface area contributed by atoms with E-state index in [1.165, 1.54) is 36.4 Å². The van der Waals surface area contributed by atoms with Gasteiger partial charge >= 0.3 is 0 Å². The van der Waals surface area contributed by atoms with E-state index in [2.05, 4.69) is 5.32 Å². The van der Waals surface area contributed by atoms with Gasteiger partial charge in [0.05, 0.1) is 10.9 Å². The molecule has 4 rings (SSSR count). The zero-order valence-electron chi connectivity index (χ0n) is 16.7. The second-order valence-corrected chi connectivity index (χ2v) is 9.92. The fourth-order valence-corrected chi connectivity index (χ4v) is 4.96. The molecule has 170 valence electrons. The molecule has 33 heavy (non-hydrogen) atoms. The first-order valence-corrected chi connectivity index (χ1v) is 11.3. The van der Waals surface area contributed by atoms with Crippen LogP contribution in [0.2, 0.25) is 10.0 Å². The highest BCUT2D eigenvalue weighted by Crippen LogP contribution is 2.65. The first kappa shape index (κ1) is 24.0. The summed E-state index contributed by atoms with van der Waals surface area (Å²) >= 11 is 24.7. The lowest BCUT2D eigenvalue weighted by Gasteiger charge is -2.14. The molecule has 1 saturated carbocycles. The minimum absolute atomic E-state index is 0.0953. The lowest BCUT2D eigenvalue weighted by atomic mass is 9.99. The smallest absolute Gasteiger partial charge is 0.231 e. The number of alkyl halides is 2. The molecule has 1 fully saturated rings. The minimum Gasteiger partial charge on any atom is -0.380 e. The maximum absolute atomic E-state index is 13.5. The number of carbonyl (C=O) groups excluding carboxylic acids is 2. The highest BCUT2D eigenvalue weighted by molar-refractivity contribution is 6.53. The monoisotopic (exact) mass is 525 g/mol. The summed E-state index contributed by atoms with van der Waals surface area (Å²) in [5.41, 5.74) is 1.30. The van der Waals surface area contributed by atoms with Gasteiger partial charge in [-0.25, -0.2) is 4.39 Å². The molecule has 2 N–H and O–H groups in total. The molecule has 0 aromatic heterocycles. The average Bonchev–Trinajstić information content (AvgIpc) is 3.38. The van der Waals surface area contributed by atoms with E-state index in [1.54, 1.807) is 30.3 Å². The first-order chi connectivity index (χ1) is 15.6. The maximum Gasteiger partial charge on any atom is 0.231 e. The van der Waals surface area contributed by atoms with Crippen LogP contribution in [0.3, 0.4) is 0 Å². The second kappa shape index (κ2) is 9.24. The lowest BCUT2D eigenvalue weighted by Crippen LogP contribution is -2.18. The van der Waals surface area contributed by atoms with Crippen molar-refractivity contribution in [3.8, 4) is 0 Å². The summed E-state index contributed by atoms with van der Waals surface area (Å²) in [6.07, 6.45) is -1.52. The number of aliphatic hydroxyl groups is 1. The van der Waals surface area contributed by atoms with Crippen LogP contribution in [-0.4, -0.2) is 21.1 Å². The molecule has 3 aromatic carbocycles. The van der Waals surface area contributed by atoms with Gasteiger partial charge in [0.15, 0.2) is 5.78 Å². The van der Waals surface area contributed by atoms with Crippen molar-refractivity contribution in [2.24, 2.45) is 5.92 Å². The number of hydrogen-bond acceptors (Lipinski definition) is 3. The van der Waals surface area contributed by atoms with Crippen LogP contribution in [0.4, 0.5) is 10.1 Å². The molecule has 1 unspecified atom stereocenters. The van der Waals surface area contributed by atoms with E-state index < -0.39 is 39.8 Å². The van der Waals surface area contributed by atoms with E-state index >= 15 is 0 Å². The van der Waals surface area contributed by atoms with Gasteiger partial charge in [0.25, 0.3) is 0 Å². The Morgan fingerprint density at radius 3 is 2.33 bits per heavy atom. The second-order valence-electron chi connectivity index (χ2n) is 7.66. The molecule has 0 aliphatic heterocycles. The number of amides is 1. The van der Waals surface area contributed by atoms with E-state index in [4.69, 9.17) is 46.4 Å². The van der Waals surface area contributed by atoms with Gasteiger partial charge in [0.1, 0.15) is 16.3 Å². The summed E-state index contributed by atoms with van der Waals surface area (Å²) in [6.45, 7) is 0. The number of rotatable bonds is 6. The molecule has 0 radical (unpaired) electrons. The van der Waals surface area contributed by atoms with Gasteiger partial charge in [0.2, 0.25) is 5.91 Å². The van der Waals surface area contributed by atoms with Crippen molar-refractivity contribution in [3.05, 3.63) is 99.3 Å². The Morgan fingerprint density at radius 2 is 1.67 bits per heavy atom. The Balaban J connectivity index is 1.53. The number of benzene rings is 3. The summed E-state index contributed by atoms with van der Waals surface area (Å²) < 4.78 is 12.1. The third-order valence-corrected chi connectivity index (χ3v) is 7.08. The fraction of sp³-hybridized carbons (Fsp3) is 0.167. The van der Waals surface area contributed by atoms with Gasteiger partial charge < -0.3 is 10.4 Å². The summed E-state index contributed by atoms with van der Waals surface area (Å²) in [7, 11) is 0. The third kappa shape index (κ3) is 4.75. The fourth-order valence-electron chi connectivity index (χ4n) is 3.73. The van der Waals surface area contributed by atoms with Crippen LogP contribution in [0.1, 0.15) is 33.5 Å². The van der Waals surface area contributed by atoms with E-state index in [-0.39, 0.29) is 15.6 Å². The largest absolute Gasteiger partial charge is 0.380 e. The van der Waals surface area contributed by atoms with Crippen molar-refractivity contribution < 1.29 is 19.1 Å². The number of aliphatic hydroxyl groups excluding tert-OH is 1. The third-order valence-electron chi connectivity index (χ3n) is 5.50. The van der Waals surface area contributed by atoms with Crippen LogP contribution in [0.25, 0.3) is 0 Å². The predicted octanol–water partition coefficient (Wildman–Crippen LogP) is 6.57. The van der Waals surface area contributed by atoms with Crippen LogP contribution in [0.5, 0.6) is 0 Å². The SMILES string of the molecule is O=C(c1ccccc1)C(O)c1cc(NC(=O)[C@@H]2[C@@H](c3ccc(F)c(Cl)c3)C2(Cl)Cl)ccc1Cl. The molecular weight excluding hydrogens is 511 g/mol. The quantitative estimate of drug-likeness (QED) is 0.282. The Labute approximate surface area is 209 Å². The molecule has 0 heterocycles. The average molecular weight is 527 g/mol. The molecule has 3 atom stereocenters. The van der Waals surface area contributed by atoms with Gasteiger partial charge in [-0.2, -0.15) is 0 Å². The van der Waals surface area contributed by atoms with Crippen molar-refractivity contribution >= 4 is 63.8 Å². The van der Waals surface area contributed by atoms with Gasteiger partial charge in [0, 0.05) is 27.8 Å². The van der Waals surface area contributed by atoms with Crippen molar-refractivity contribution in [3.63, 3.8) is 0 Å². The van der Waals surface area contributed by atoms with Crippen LogP contribution >= 0.6 is 46.4 Å². The molecule has 4 nitrogen and oxygen atoms in total. The molecule has 9 heteroatoms. The Bertz CT molecular complexity index is 1240. The zero-order valence-corrected chi connectivity index (χ0v) is 19.8. The van der Waals surface area contributed by atoms with Crippen molar-refractivity contribution in [1.82, 2.24) is 0 Å². The number of carbonyl (C=O) groups is 2. The highest BCUT2D eigenvalue weighted by Gasteiger charge is 2.67. The van der Waals surface area contributed by atoms with E-state index in [0.29, 0.717) is 16.8 Å². The number of ketones is 1. The molecule has 3 aromatic rings. The van der Waals surface area contributed by atoms with E-state index in [0.717, 1.165) is 0 Å². The van der Waals surface area contributed by atoms with Gasteiger partial charge in [-0.15, -0.1) is 23.2 Å². The number of anilines is 1. The summed E-state index contributed by atoms with van der Waals surface area (Å²) in [4.78, 5) is 25.5. The van der Waals surface area contributed by atoms with Gasteiger partial charge in [-0.05, 0) is 35.9 Å². The zero-order chi connectivity index (χ0) is 23.9. The predicted molar refractivity (Wildman–Crippen MR) is 128 cm³/mol. The number of nitrogens with one attached hydrogen (secondary N) is 1. The van der Waals surface area contributed by atoms with Crippen LogP contribution in [-0.2, 0) is 4.79 Å². The molecule has 1 amide bonds. The number of hydrogen-bond donors (Lipinski definition) is 2. The van der Waals surface area contributed by atoms with Crippen LogP contribution in [0.15, 0.2) is 66.7 Å². The summed E-state index contributed by atoms with van der Waals surface area (Å²) in [5.74, 6) is -3.01. The summed E-state index contributed by atoms with van der Waals surface area (Å²) in [5, 5.41) is 13.4. The van der Waals surface area contributed by atoms with Crippen LogP contribution in [0, 0.1) is 11.7 Å². The maximum atomic E-state index is 13.5. The standard InChI is InChI=1S/C24H16Cl4FNO3/c25-16-8-7-14(11-15(16)22(32)21(31)12-4-2-1-3-5-12)30-23(33)20-19(24(20,27)28)13-6-9-18(29)17(26)10-13/h1-11,19-20,22,32H,(H,30,33)/t19-,20+,22?/m1/s1. The van der Waals surface area contributed by atoms with Gasteiger partial charge in [-0.3, -0.25) is 9.59 Å². The van der Waals surface area contributed by atoms with Gasteiger partial charge in [-0.1, -0.05) is 59.6 Å². The number of Topliss-reactive ketones (excluding diaryl/α,β-unsaturated/α-hetero) is 1. The Morgan fingerprint density at radius 1 is 0.970 bits per heavy atom. The van der Waals surface area contributed by atoms with Crippen molar-refractivity contribution in [1.29, 1.82) is 0 Å². The molecule has 1 aliphatic rings. The topological polar surface area (TPSA) is 66.4 Å². The van der Waals surface area contributed by atoms with Crippen molar-refractivity contribution in [2.45, 2.75) is 16.4 Å². The van der Waals surface area contributed by atoms with E-state index in [1.807, 2.05) is 0 Å². The van der Waals surface area contributed by atoms with Crippen molar-refractivity contribution in [2.75, 3.05) is 5.32 Å². The molecule has 0 bridgehead atoms. The Kier molecular flexibility index (Phi) is 6.72. The molecule has 1 aliphatic carbocycles. The lowest BCUT2D eigenvalue weighted by molar-refractivity contribution is -0.117. The summed E-state index contributed by atoms with van der Waals surface area (Å²) in [6, 6.07) is 16.8. The molecular formula is C24H16Cl4FNO3. The highest BCUT2D eigenvalue weighted by atomic mass is 35.5. The normalized spacial score (nSPS) is 19.6. The number of halogens is 5. The minimum atomic E-state index is -1.52.